The second kappa shape index (κ2) is 14.3. The monoisotopic (exact) mass is 577 g/mol. The molecule has 7 nitrogen and oxygen atoms in total. The van der Waals surface area contributed by atoms with Crippen LogP contribution in [0.3, 0.4) is 0 Å². The summed E-state index contributed by atoms with van der Waals surface area (Å²) in [6.45, 7) is 9.75. The van der Waals surface area contributed by atoms with Crippen molar-refractivity contribution in [1.82, 2.24) is 10.2 Å². The normalized spacial score (nSPS) is 13.0. The molecule has 2 amide bonds. The lowest BCUT2D eigenvalue weighted by molar-refractivity contribution is -0.140. The minimum Gasteiger partial charge on any atom is -0.352 e. The molecule has 0 bridgehead atoms. The zero-order valence-electron chi connectivity index (χ0n) is 25.0. The van der Waals surface area contributed by atoms with Crippen LogP contribution in [-0.4, -0.2) is 50.0 Å². The minimum absolute atomic E-state index is 0.0804. The molecule has 2 atom stereocenters. The quantitative estimate of drug-likeness (QED) is 0.293. The first-order valence-electron chi connectivity index (χ1n) is 14.2. The number of sulfonamides is 1. The molecule has 0 unspecified atom stereocenters. The predicted octanol–water partition coefficient (Wildman–Crippen LogP) is 5.44. The first-order chi connectivity index (χ1) is 19.4. The molecule has 0 aliphatic rings. The summed E-state index contributed by atoms with van der Waals surface area (Å²) in [5.41, 5.74) is 4.26. The van der Waals surface area contributed by atoms with Gasteiger partial charge in [0.25, 0.3) is 0 Å². The molecule has 8 heteroatoms. The van der Waals surface area contributed by atoms with Gasteiger partial charge in [-0.05, 0) is 60.6 Å². The largest absolute Gasteiger partial charge is 0.352 e. The molecule has 0 aliphatic carbocycles. The van der Waals surface area contributed by atoms with E-state index < -0.39 is 28.5 Å². The molecule has 0 aliphatic heterocycles. The standard InChI is InChI=1S/C33H43N3O4S/c1-7-26(5)34-33(38)31(21-27-14-9-8-10-15-27)35(22-29-16-12-11-13-25(29)4)32(37)23-36(41(6,39)40)30-19-17-28(18-20-30)24(2)3/h8-20,24,26,31H,7,21-23H2,1-6H3,(H,34,38)/t26-,31+/m0/s1. The van der Waals surface area contributed by atoms with Gasteiger partial charge in [-0.1, -0.05) is 87.5 Å². The molecule has 0 spiro atoms. The van der Waals surface area contributed by atoms with Crippen molar-refractivity contribution in [2.45, 2.75) is 72.0 Å². The summed E-state index contributed by atoms with van der Waals surface area (Å²) in [6, 6.07) is 23.6. The Labute approximate surface area is 245 Å². The lowest BCUT2D eigenvalue weighted by atomic mass is 10.0. The number of hydrogen-bond donors (Lipinski definition) is 1. The van der Waals surface area contributed by atoms with Crippen molar-refractivity contribution >= 4 is 27.5 Å². The zero-order chi connectivity index (χ0) is 30.2. The fourth-order valence-electron chi connectivity index (χ4n) is 4.61. The van der Waals surface area contributed by atoms with Gasteiger partial charge in [0.2, 0.25) is 21.8 Å². The summed E-state index contributed by atoms with van der Waals surface area (Å²) in [5, 5.41) is 3.05. The molecule has 0 heterocycles. The number of rotatable bonds is 13. The lowest BCUT2D eigenvalue weighted by Crippen LogP contribution is -2.54. The summed E-state index contributed by atoms with van der Waals surface area (Å²) >= 11 is 0. The highest BCUT2D eigenvalue weighted by Crippen LogP contribution is 2.24. The van der Waals surface area contributed by atoms with Crippen LogP contribution in [0.5, 0.6) is 0 Å². The van der Waals surface area contributed by atoms with Crippen molar-refractivity contribution in [3.63, 3.8) is 0 Å². The zero-order valence-corrected chi connectivity index (χ0v) is 25.8. The van der Waals surface area contributed by atoms with Crippen LogP contribution < -0.4 is 9.62 Å². The topological polar surface area (TPSA) is 86.8 Å². The van der Waals surface area contributed by atoms with Gasteiger partial charge in [0.05, 0.1) is 11.9 Å². The van der Waals surface area contributed by atoms with E-state index in [0.717, 1.165) is 39.2 Å². The maximum atomic E-state index is 14.2. The third-order valence-corrected chi connectivity index (χ3v) is 8.54. The number of hydrogen-bond acceptors (Lipinski definition) is 4. The van der Waals surface area contributed by atoms with Crippen LogP contribution in [0.25, 0.3) is 0 Å². The van der Waals surface area contributed by atoms with Crippen LogP contribution in [0.2, 0.25) is 0 Å². The Morgan fingerprint density at radius 3 is 2.05 bits per heavy atom. The first-order valence-corrected chi connectivity index (χ1v) is 16.0. The molecule has 3 aromatic rings. The van der Waals surface area contributed by atoms with E-state index in [4.69, 9.17) is 0 Å². The smallest absolute Gasteiger partial charge is 0.244 e. The molecular formula is C33H43N3O4S. The van der Waals surface area contributed by atoms with Gasteiger partial charge in [-0.25, -0.2) is 8.42 Å². The van der Waals surface area contributed by atoms with Crippen molar-refractivity contribution in [2.24, 2.45) is 0 Å². The maximum Gasteiger partial charge on any atom is 0.244 e. The van der Waals surface area contributed by atoms with E-state index in [1.165, 1.54) is 4.90 Å². The van der Waals surface area contributed by atoms with Gasteiger partial charge in [0.15, 0.2) is 0 Å². The number of nitrogens with one attached hydrogen (secondary N) is 1. The summed E-state index contributed by atoms with van der Waals surface area (Å²) < 4.78 is 27.1. The molecule has 220 valence electrons. The van der Waals surface area contributed by atoms with Crippen LogP contribution in [0.4, 0.5) is 5.69 Å². The van der Waals surface area contributed by atoms with E-state index in [2.05, 4.69) is 19.2 Å². The van der Waals surface area contributed by atoms with Gasteiger partial charge < -0.3 is 10.2 Å². The molecule has 3 aromatic carbocycles. The van der Waals surface area contributed by atoms with E-state index in [1.807, 2.05) is 87.5 Å². The minimum atomic E-state index is -3.80. The van der Waals surface area contributed by atoms with E-state index in [0.29, 0.717) is 12.1 Å². The first kappa shape index (κ1) is 31.9. The Morgan fingerprint density at radius 1 is 0.878 bits per heavy atom. The third kappa shape index (κ3) is 8.92. The van der Waals surface area contributed by atoms with E-state index >= 15 is 0 Å². The molecule has 0 saturated carbocycles. The number of anilines is 1. The van der Waals surface area contributed by atoms with Crippen molar-refractivity contribution in [3.05, 3.63) is 101 Å². The summed E-state index contributed by atoms with van der Waals surface area (Å²) in [6.07, 6.45) is 2.13. The Morgan fingerprint density at radius 2 is 1.49 bits per heavy atom. The van der Waals surface area contributed by atoms with Crippen LogP contribution in [-0.2, 0) is 32.6 Å². The van der Waals surface area contributed by atoms with Gasteiger partial charge in [-0.15, -0.1) is 0 Å². The van der Waals surface area contributed by atoms with Crippen molar-refractivity contribution in [1.29, 1.82) is 0 Å². The molecule has 41 heavy (non-hydrogen) atoms. The number of carbonyl (C=O) groups excluding carboxylic acids is 2. The van der Waals surface area contributed by atoms with Crippen LogP contribution in [0.15, 0.2) is 78.9 Å². The van der Waals surface area contributed by atoms with Crippen molar-refractivity contribution in [2.75, 3.05) is 17.1 Å². The molecular weight excluding hydrogens is 534 g/mol. The number of benzene rings is 3. The fourth-order valence-corrected chi connectivity index (χ4v) is 5.45. The molecule has 0 radical (unpaired) electrons. The van der Waals surface area contributed by atoms with Crippen molar-refractivity contribution in [3.8, 4) is 0 Å². The van der Waals surface area contributed by atoms with Gasteiger partial charge >= 0.3 is 0 Å². The van der Waals surface area contributed by atoms with Crippen LogP contribution in [0, 0.1) is 6.92 Å². The summed E-state index contributed by atoms with van der Waals surface area (Å²) in [5.74, 6) is -0.436. The van der Waals surface area contributed by atoms with E-state index in [1.54, 1.807) is 12.1 Å². The van der Waals surface area contributed by atoms with E-state index in [-0.39, 0.29) is 24.4 Å². The van der Waals surface area contributed by atoms with Crippen LogP contribution in [0.1, 0.15) is 62.3 Å². The molecule has 0 aromatic heterocycles. The fraction of sp³-hybridized carbons (Fsp3) is 0.394. The lowest BCUT2D eigenvalue weighted by Gasteiger charge is -2.34. The van der Waals surface area contributed by atoms with Crippen LogP contribution >= 0.6 is 0 Å². The Kier molecular flexibility index (Phi) is 11.1. The summed E-state index contributed by atoms with van der Waals surface area (Å²) in [4.78, 5) is 29.5. The Bertz CT molecular complexity index is 1410. The van der Waals surface area contributed by atoms with Gasteiger partial charge in [-0.3, -0.25) is 13.9 Å². The Hall–Kier alpha value is -3.65. The highest BCUT2D eigenvalue weighted by molar-refractivity contribution is 7.92. The van der Waals surface area contributed by atoms with Gasteiger partial charge in [-0.2, -0.15) is 0 Å². The highest BCUT2D eigenvalue weighted by atomic mass is 32.2. The number of nitrogens with zero attached hydrogens (tertiary/aromatic N) is 2. The molecule has 0 fully saturated rings. The van der Waals surface area contributed by atoms with Crippen molar-refractivity contribution < 1.29 is 18.0 Å². The SMILES string of the molecule is CC[C@H](C)NC(=O)[C@@H](Cc1ccccc1)N(Cc1ccccc1C)C(=O)CN(c1ccc(C(C)C)cc1)S(C)(=O)=O. The Balaban J connectivity index is 2.06. The number of amides is 2. The molecule has 0 saturated heterocycles. The van der Waals surface area contributed by atoms with Gasteiger partial charge in [0, 0.05) is 19.0 Å². The van der Waals surface area contributed by atoms with Gasteiger partial charge in [0.1, 0.15) is 12.6 Å². The van der Waals surface area contributed by atoms with E-state index in [9.17, 15) is 18.0 Å². The number of aryl methyl sites for hydroxylation is 1. The number of carbonyl (C=O) groups is 2. The summed E-state index contributed by atoms with van der Waals surface area (Å²) in [7, 11) is -3.80. The molecule has 3 rings (SSSR count). The maximum absolute atomic E-state index is 14.2. The second-order valence-corrected chi connectivity index (χ2v) is 12.9. The average Bonchev–Trinajstić information content (AvgIpc) is 2.94. The predicted molar refractivity (Wildman–Crippen MR) is 166 cm³/mol. The highest BCUT2D eigenvalue weighted by Gasteiger charge is 2.33. The molecule has 1 N–H and O–H groups in total. The second-order valence-electron chi connectivity index (χ2n) is 11.0. The average molecular weight is 578 g/mol. The third-order valence-electron chi connectivity index (χ3n) is 7.40.